The Morgan fingerprint density at radius 3 is 2.47 bits per heavy atom. The van der Waals surface area contributed by atoms with E-state index in [1.165, 1.54) is 13.8 Å². The molecule has 1 atom stereocenters. The van der Waals surface area contributed by atoms with Crippen molar-refractivity contribution in [1.29, 1.82) is 0 Å². The first-order chi connectivity index (χ1) is 7.02. The lowest BCUT2D eigenvalue weighted by Gasteiger charge is -2.11. The molecule has 15 heavy (non-hydrogen) atoms. The molecule has 0 amide bonds. The number of Topliss-reactive ketones (excluding diaryl/α,β-unsaturated/α-hetero) is 1. The van der Waals surface area contributed by atoms with Crippen molar-refractivity contribution in [2.24, 2.45) is 0 Å². The standard InChI is InChI=1S/C11H11ClO3/c1-7(15-8(2)13)11(14)9-5-3-4-6-10(9)12/h3-7H,1-2H3. The smallest absolute Gasteiger partial charge is 0.303 e. The van der Waals surface area contributed by atoms with Gasteiger partial charge in [0.1, 0.15) is 0 Å². The van der Waals surface area contributed by atoms with E-state index >= 15 is 0 Å². The van der Waals surface area contributed by atoms with Gasteiger partial charge in [-0.05, 0) is 19.1 Å². The molecule has 1 rings (SSSR count). The largest absolute Gasteiger partial charge is 0.454 e. The summed E-state index contributed by atoms with van der Waals surface area (Å²) in [5, 5.41) is 0.363. The summed E-state index contributed by atoms with van der Waals surface area (Å²) in [5.41, 5.74) is 0.368. The van der Waals surface area contributed by atoms with Crippen LogP contribution in [0.25, 0.3) is 0 Å². The minimum absolute atomic E-state index is 0.296. The van der Waals surface area contributed by atoms with Crippen molar-refractivity contribution >= 4 is 23.4 Å². The molecule has 0 aliphatic carbocycles. The molecule has 0 bridgehead atoms. The average molecular weight is 227 g/mol. The third-order valence-electron chi connectivity index (χ3n) is 1.85. The Kier molecular flexibility index (Phi) is 3.86. The summed E-state index contributed by atoms with van der Waals surface area (Å²) in [6.45, 7) is 2.78. The van der Waals surface area contributed by atoms with Gasteiger partial charge in [-0.1, -0.05) is 23.7 Å². The second-order valence-corrected chi connectivity index (χ2v) is 3.50. The molecule has 1 aromatic rings. The zero-order valence-electron chi connectivity index (χ0n) is 8.49. The fraction of sp³-hybridized carbons (Fsp3) is 0.273. The number of carbonyl (C=O) groups is 2. The fourth-order valence-corrected chi connectivity index (χ4v) is 1.41. The van der Waals surface area contributed by atoms with E-state index in [1.807, 2.05) is 0 Å². The first kappa shape index (κ1) is 11.7. The molecule has 0 N–H and O–H groups in total. The second-order valence-electron chi connectivity index (χ2n) is 3.10. The summed E-state index contributed by atoms with van der Waals surface area (Å²) in [5.74, 6) is -0.779. The van der Waals surface area contributed by atoms with Gasteiger partial charge < -0.3 is 4.74 Å². The van der Waals surface area contributed by atoms with E-state index in [0.29, 0.717) is 10.6 Å². The van der Waals surface area contributed by atoms with E-state index in [-0.39, 0.29) is 5.78 Å². The molecule has 3 nitrogen and oxygen atoms in total. The van der Waals surface area contributed by atoms with Crippen molar-refractivity contribution < 1.29 is 14.3 Å². The van der Waals surface area contributed by atoms with E-state index < -0.39 is 12.1 Å². The van der Waals surface area contributed by atoms with E-state index in [0.717, 1.165) is 0 Å². The van der Waals surface area contributed by atoms with Gasteiger partial charge in [0, 0.05) is 12.5 Å². The Morgan fingerprint density at radius 1 is 1.33 bits per heavy atom. The lowest BCUT2D eigenvalue weighted by atomic mass is 10.1. The van der Waals surface area contributed by atoms with E-state index in [4.69, 9.17) is 16.3 Å². The van der Waals surface area contributed by atoms with Gasteiger partial charge in [-0.15, -0.1) is 0 Å². The monoisotopic (exact) mass is 226 g/mol. The molecule has 0 aromatic heterocycles. The predicted molar refractivity (Wildman–Crippen MR) is 57.0 cm³/mol. The summed E-state index contributed by atoms with van der Waals surface area (Å²) in [4.78, 5) is 22.4. The van der Waals surface area contributed by atoms with Crippen molar-refractivity contribution in [3.63, 3.8) is 0 Å². The quantitative estimate of drug-likeness (QED) is 0.588. The highest BCUT2D eigenvalue weighted by Gasteiger charge is 2.19. The summed E-state index contributed by atoms with van der Waals surface area (Å²) in [6, 6.07) is 6.66. The molecular formula is C11H11ClO3. The van der Waals surface area contributed by atoms with Gasteiger partial charge in [0.05, 0.1) is 5.02 Å². The number of hydrogen-bond acceptors (Lipinski definition) is 3. The minimum Gasteiger partial charge on any atom is -0.454 e. The summed E-state index contributed by atoms with van der Waals surface area (Å²) in [7, 11) is 0. The molecule has 0 fully saturated rings. The predicted octanol–water partition coefficient (Wildman–Crippen LogP) is 2.47. The van der Waals surface area contributed by atoms with Gasteiger partial charge in [-0.25, -0.2) is 0 Å². The molecule has 4 heteroatoms. The number of ether oxygens (including phenoxy) is 1. The Bertz CT molecular complexity index is 387. The fourth-order valence-electron chi connectivity index (χ4n) is 1.18. The van der Waals surface area contributed by atoms with Crippen molar-refractivity contribution in [1.82, 2.24) is 0 Å². The third-order valence-corrected chi connectivity index (χ3v) is 2.18. The number of benzene rings is 1. The molecule has 0 saturated carbocycles. The SMILES string of the molecule is CC(=O)OC(C)C(=O)c1ccccc1Cl. The molecule has 80 valence electrons. The van der Waals surface area contributed by atoms with Crippen LogP contribution in [0, 0.1) is 0 Å². The van der Waals surface area contributed by atoms with Crippen LogP contribution in [0.15, 0.2) is 24.3 Å². The zero-order valence-corrected chi connectivity index (χ0v) is 9.25. The number of carbonyl (C=O) groups excluding carboxylic acids is 2. The van der Waals surface area contributed by atoms with E-state index in [9.17, 15) is 9.59 Å². The van der Waals surface area contributed by atoms with Crippen LogP contribution in [0.4, 0.5) is 0 Å². The molecule has 0 spiro atoms. The lowest BCUT2D eigenvalue weighted by Crippen LogP contribution is -2.23. The van der Waals surface area contributed by atoms with Gasteiger partial charge in [0.15, 0.2) is 6.10 Å². The Labute approximate surface area is 93.0 Å². The van der Waals surface area contributed by atoms with Crippen LogP contribution in [0.2, 0.25) is 5.02 Å². The van der Waals surface area contributed by atoms with Gasteiger partial charge in [-0.3, -0.25) is 9.59 Å². The first-order valence-electron chi connectivity index (χ1n) is 4.48. The molecule has 0 saturated heterocycles. The van der Waals surface area contributed by atoms with Crippen LogP contribution in [0.5, 0.6) is 0 Å². The first-order valence-corrected chi connectivity index (χ1v) is 4.86. The second kappa shape index (κ2) is 4.94. The normalized spacial score (nSPS) is 11.9. The summed E-state index contributed by atoms with van der Waals surface area (Å²) >= 11 is 5.84. The number of rotatable bonds is 3. The molecule has 0 radical (unpaired) electrons. The highest BCUT2D eigenvalue weighted by Crippen LogP contribution is 2.17. The third kappa shape index (κ3) is 3.06. The molecule has 1 aromatic carbocycles. The molecule has 0 heterocycles. The zero-order chi connectivity index (χ0) is 11.4. The lowest BCUT2D eigenvalue weighted by molar-refractivity contribution is -0.143. The van der Waals surface area contributed by atoms with Crippen molar-refractivity contribution in [3.05, 3.63) is 34.9 Å². The number of halogens is 1. The maximum Gasteiger partial charge on any atom is 0.303 e. The van der Waals surface area contributed by atoms with Crippen LogP contribution >= 0.6 is 11.6 Å². The number of esters is 1. The number of hydrogen-bond donors (Lipinski definition) is 0. The van der Waals surface area contributed by atoms with E-state index in [2.05, 4.69) is 0 Å². The van der Waals surface area contributed by atoms with Crippen LogP contribution < -0.4 is 0 Å². The van der Waals surface area contributed by atoms with Gasteiger partial charge in [0.2, 0.25) is 5.78 Å². The minimum atomic E-state index is -0.803. The van der Waals surface area contributed by atoms with E-state index in [1.54, 1.807) is 24.3 Å². The highest BCUT2D eigenvalue weighted by atomic mass is 35.5. The van der Waals surface area contributed by atoms with Crippen LogP contribution in [-0.2, 0) is 9.53 Å². The summed E-state index contributed by atoms with van der Waals surface area (Å²) in [6.07, 6.45) is -0.803. The van der Waals surface area contributed by atoms with Crippen LogP contribution in [0.1, 0.15) is 24.2 Å². The molecule has 0 aliphatic rings. The van der Waals surface area contributed by atoms with Crippen molar-refractivity contribution in [2.45, 2.75) is 20.0 Å². The Morgan fingerprint density at radius 2 is 1.93 bits per heavy atom. The van der Waals surface area contributed by atoms with Crippen LogP contribution in [-0.4, -0.2) is 17.9 Å². The van der Waals surface area contributed by atoms with Gasteiger partial charge in [0.25, 0.3) is 0 Å². The summed E-state index contributed by atoms with van der Waals surface area (Å²) < 4.78 is 4.77. The maximum absolute atomic E-state index is 11.7. The number of ketones is 1. The highest BCUT2D eigenvalue weighted by molar-refractivity contribution is 6.34. The Hall–Kier alpha value is -1.35. The van der Waals surface area contributed by atoms with Gasteiger partial charge >= 0.3 is 5.97 Å². The van der Waals surface area contributed by atoms with Crippen molar-refractivity contribution in [2.75, 3.05) is 0 Å². The van der Waals surface area contributed by atoms with Crippen molar-refractivity contribution in [3.8, 4) is 0 Å². The average Bonchev–Trinajstić information content (AvgIpc) is 2.16. The van der Waals surface area contributed by atoms with Crippen LogP contribution in [0.3, 0.4) is 0 Å². The Balaban J connectivity index is 2.85. The maximum atomic E-state index is 11.7. The molecule has 1 unspecified atom stereocenters. The molecule has 0 aliphatic heterocycles. The topological polar surface area (TPSA) is 43.4 Å². The molecular weight excluding hydrogens is 216 g/mol. The van der Waals surface area contributed by atoms with Gasteiger partial charge in [-0.2, -0.15) is 0 Å².